The van der Waals surface area contributed by atoms with Crippen molar-refractivity contribution in [2.45, 2.75) is 13.8 Å². The molecule has 0 aromatic heterocycles. The predicted molar refractivity (Wildman–Crippen MR) is 89.8 cm³/mol. The summed E-state index contributed by atoms with van der Waals surface area (Å²) in [6.07, 6.45) is 0.757. The van der Waals surface area contributed by atoms with E-state index in [-0.39, 0.29) is 5.91 Å². The minimum Gasteiger partial charge on any atom is -0.372 e. The Morgan fingerprint density at radius 3 is 2.36 bits per heavy atom. The van der Waals surface area contributed by atoms with Gasteiger partial charge in [0.15, 0.2) is 6.29 Å². The molecule has 0 aliphatic rings. The van der Waals surface area contributed by atoms with Gasteiger partial charge in [0.1, 0.15) is 0 Å². The summed E-state index contributed by atoms with van der Waals surface area (Å²) < 4.78 is 0. The highest BCUT2D eigenvalue weighted by molar-refractivity contribution is 6.06. The lowest BCUT2D eigenvalue weighted by molar-refractivity contribution is 0.102. The molecule has 0 bridgehead atoms. The fraction of sp³-hybridized carbons (Fsp3) is 0.222. The van der Waals surface area contributed by atoms with Gasteiger partial charge in [-0.05, 0) is 44.2 Å². The van der Waals surface area contributed by atoms with Crippen molar-refractivity contribution < 1.29 is 9.59 Å². The monoisotopic (exact) mass is 296 g/mol. The summed E-state index contributed by atoms with van der Waals surface area (Å²) in [5, 5.41) is 2.82. The molecule has 0 spiro atoms. The molecule has 0 heterocycles. The Labute approximate surface area is 130 Å². The second-order valence-corrected chi connectivity index (χ2v) is 4.88. The molecule has 2 aromatic rings. The largest absolute Gasteiger partial charge is 0.372 e. The molecule has 1 N–H and O–H groups in total. The maximum Gasteiger partial charge on any atom is 0.255 e. The van der Waals surface area contributed by atoms with Crippen LogP contribution in [-0.4, -0.2) is 25.3 Å². The zero-order valence-corrected chi connectivity index (χ0v) is 12.9. The van der Waals surface area contributed by atoms with Gasteiger partial charge in [-0.3, -0.25) is 9.59 Å². The number of carbonyl (C=O) groups is 2. The van der Waals surface area contributed by atoms with E-state index in [0.717, 1.165) is 25.1 Å². The first-order valence-electron chi connectivity index (χ1n) is 7.40. The van der Waals surface area contributed by atoms with E-state index in [1.54, 1.807) is 18.2 Å². The summed E-state index contributed by atoms with van der Waals surface area (Å²) in [4.78, 5) is 25.6. The topological polar surface area (TPSA) is 49.4 Å². The second kappa shape index (κ2) is 7.41. The number of carbonyl (C=O) groups excluding carboxylic acids is 2. The lowest BCUT2D eigenvalue weighted by Crippen LogP contribution is -2.22. The molecule has 0 saturated heterocycles. The van der Waals surface area contributed by atoms with Crippen molar-refractivity contribution in [1.29, 1.82) is 0 Å². The molecular formula is C18H20N2O2. The zero-order chi connectivity index (χ0) is 15.9. The van der Waals surface area contributed by atoms with Gasteiger partial charge in [-0.1, -0.05) is 18.2 Å². The van der Waals surface area contributed by atoms with Crippen LogP contribution in [0.3, 0.4) is 0 Å². The number of benzene rings is 2. The highest BCUT2D eigenvalue weighted by atomic mass is 16.1. The Bertz CT molecular complexity index is 649. The van der Waals surface area contributed by atoms with E-state index in [9.17, 15) is 9.59 Å². The maximum absolute atomic E-state index is 12.3. The summed E-state index contributed by atoms with van der Waals surface area (Å²) in [6, 6.07) is 14.4. The van der Waals surface area contributed by atoms with E-state index in [1.807, 2.05) is 30.3 Å². The molecule has 0 aliphatic heterocycles. The lowest BCUT2D eigenvalue weighted by Gasteiger charge is -2.22. The standard InChI is InChI=1S/C18H20N2O2/c1-3-20(4-2)16-11-10-15(13-21)17(12-16)19-18(22)14-8-6-5-7-9-14/h5-13H,3-4H2,1-2H3,(H,19,22). The van der Waals surface area contributed by atoms with Crippen LogP contribution in [0.2, 0.25) is 0 Å². The summed E-state index contributed by atoms with van der Waals surface area (Å²) in [7, 11) is 0. The van der Waals surface area contributed by atoms with Crippen molar-refractivity contribution >= 4 is 23.6 Å². The van der Waals surface area contributed by atoms with E-state index in [0.29, 0.717) is 16.8 Å². The van der Waals surface area contributed by atoms with E-state index in [2.05, 4.69) is 24.1 Å². The third-order valence-corrected chi connectivity index (χ3v) is 3.58. The first-order chi connectivity index (χ1) is 10.7. The smallest absolute Gasteiger partial charge is 0.255 e. The highest BCUT2D eigenvalue weighted by Gasteiger charge is 2.11. The van der Waals surface area contributed by atoms with Gasteiger partial charge in [-0.2, -0.15) is 0 Å². The van der Waals surface area contributed by atoms with Gasteiger partial charge in [-0.25, -0.2) is 0 Å². The van der Waals surface area contributed by atoms with Crippen LogP contribution in [0.1, 0.15) is 34.6 Å². The first kappa shape index (κ1) is 15.8. The summed E-state index contributed by atoms with van der Waals surface area (Å²) >= 11 is 0. The fourth-order valence-electron chi connectivity index (χ4n) is 2.32. The van der Waals surface area contributed by atoms with Crippen molar-refractivity contribution in [1.82, 2.24) is 0 Å². The molecule has 114 valence electrons. The van der Waals surface area contributed by atoms with Crippen LogP contribution in [0, 0.1) is 0 Å². The molecule has 22 heavy (non-hydrogen) atoms. The quantitative estimate of drug-likeness (QED) is 0.829. The van der Waals surface area contributed by atoms with Gasteiger partial charge in [-0.15, -0.1) is 0 Å². The molecule has 0 aliphatic carbocycles. The van der Waals surface area contributed by atoms with Crippen LogP contribution in [-0.2, 0) is 0 Å². The molecule has 2 rings (SSSR count). The molecule has 4 heteroatoms. The lowest BCUT2D eigenvalue weighted by atomic mass is 10.1. The van der Waals surface area contributed by atoms with Gasteiger partial charge >= 0.3 is 0 Å². The third-order valence-electron chi connectivity index (χ3n) is 3.58. The first-order valence-corrected chi connectivity index (χ1v) is 7.40. The minimum atomic E-state index is -0.222. The third kappa shape index (κ3) is 3.52. The van der Waals surface area contributed by atoms with Crippen molar-refractivity contribution in [2.24, 2.45) is 0 Å². The number of nitrogens with zero attached hydrogens (tertiary/aromatic N) is 1. The van der Waals surface area contributed by atoms with E-state index in [4.69, 9.17) is 0 Å². The molecule has 0 saturated carbocycles. The predicted octanol–water partition coefficient (Wildman–Crippen LogP) is 3.60. The van der Waals surface area contributed by atoms with Crippen LogP contribution in [0.15, 0.2) is 48.5 Å². The Kier molecular flexibility index (Phi) is 5.31. The number of anilines is 2. The number of hydrogen-bond acceptors (Lipinski definition) is 3. The summed E-state index contributed by atoms with van der Waals surface area (Å²) in [6.45, 7) is 5.87. The van der Waals surface area contributed by atoms with E-state index in [1.165, 1.54) is 0 Å². The van der Waals surface area contributed by atoms with Crippen LogP contribution in [0.5, 0.6) is 0 Å². The average molecular weight is 296 g/mol. The van der Waals surface area contributed by atoms with Crippen molar-refractivity contribution in [3.8, 4) is 0 Å². The number of hydrogen-bond donors (Lipinski definition) is 1. The van der Waals surface area contributed by atoms with E-state index >= 15 is 0 Å². The molecular weight excluding hydrogens is 276 g/mol. The summed E-state index contributed by atoms with van der Waals surface area (Å²) in [5.74, 6) is -0.222. The second-order valence-electron chi connectivity index (χ2n) is 4.88. The van der Waals surface area contributed by atoms with Gasteiger partial charge < -0.3 is 10.2 Å². The average Bonchev–Trinajstić information content (AvgIpc) is 2.57. The molecule has 4 nitrogen and oxygen atoms in total. The van der Waals surface area contributed by atoms with Crippen LogP contribution >= 0.6 is 0 Å². The fourth-order valence-corrected chi connectivity index (χ4v) is 2.32. The molecule has 1 amide bonds. The van der Waals surface area contributed by atoms with Crippen LogP contribution in [0.25, 0.3) is 0 Å². The van der Waals surface area contributed by atoms with Crippen molar-refractivity contribution in [3.05, 3.63) is 59.7 Å². The normalized spacial score (nSPS) is 10.1. The van der Waals surface area contributed by atoms with E-state index < -0.39 is 0 Å². The molecule has 0 unspecified atom stereocenters. The number of amides is 1. The molecule has 0 fully saturated rings. The van der Waals surface area contributed by atoms with Gasteiger partial charge in [0.2, 0.25) is 0 Å². The minimum absolute atomic E-state index is 0.222. The van der Waals surface area contributed by atoms with Crippen LogP contribution < -0.4 is 10.2 Å². The Morgan fingerprint density at radius 2 is 1.77 bits per heavy atom. The number of aldehydes is 1. The number of nitrogens with one attached hydrogen (secondary N) is 1. The molecule has 0 radical (unpaired) electrons. The Hall–Kier alpha value is -2.62. The molecule has 2 aromatic carbocycles. The van der Waals surface area contributed by atoms with Crippen molar-refractivity contribution in [3.63, 3.8) is 0 Å². The van der Waals surface area contributed by atoms with Gasteiger partial charge in [0.25, 0.3) is 5.91 Å². The van der Waals surface area contributed by atoms with Crippen molar-refractivity contribution in [2.75, 3.05) is 23.3 Å². The highest BCUT2D eigenvalue weighted by Crippen LogP contribution is 2.23. The molecule has 0 atom stereocenters. The Balaban J connectivity index is 2.30. The SMILES string of the molecule is CCN(CC)c1ccc(C=O)c(NC(=O)c2ccccc2)c1. The number of rotatable bonds is 6. The summed E-state index contributed by atoms with van der Waals surface area (Å²) in [5.41, 5.74) is 2.56. The maximum atomic E-state index is 12.3. The Morgan fingerprint density at radius 1 is 1.09 bits per heavy atom. The zero-order valence-electron chi connectivity index (χ0n) is 12.9. The van der Waals surface area contributed by atoms with Crippen LogP contribution in [0.4, 0.5) is 11.4 Å². The van der Waals surface area contributed by atoms with Gasteiger partial charge in [0, 0.05) is 29.9 Å². The van der Waals surface area contributed by atoms with Gasteiger partial charge in [0.05, 0.1) is 5.69 Å².